The monoisotopic (exact) mass is 304 g/mol. The van der Waals surface area contributed by atoms with Crippen molar-refractivity contribution < 1.29 is 0 Å². The van der Waals surface area contributed by atoms with Crippen LogP contribution in [0.15, 0.2) is 47.4 Å². The molecule has 0 aliphatic rings. The van der Waals surface area contributed by atoms with Crippen molar-refractivity contribution >= 4 is 22.2 Å². The zero-order chi connectivity index (χ0) is 14.9. The van der Waals surface area contributed by atoms with Crippen LogP contribution in [0.1, 0.15) is 5.82 Å². The molecule has 0 radical (unpaired) electrons. The second-order valence-electron chi connectivity index (χ2n) is 4.52. The number of thiophene rings is 1. The molecule has 22 heavy (non-hydrogen) atoms. The van der Waals surface area contributed by atoms with Crippen molar-refractivity contribution in [3.63, 3.8) is 0 Å². The Morgan fingerprint density at radius 2 is 2.05 bits per heavy atom. The summed E-state index contributed by atoms with van der Waals surface area (Å²) >= 11 is 1.59. The molecule has 0 fully saturated rings. The highest BCUT2D eigenvalue weighted by atomic mass is 32.1. The number of benzene rings is 1. The first kappa shape index (κ1) is 12.6. The molecule has 7 heteroatoms. The molecule has 3 aromatic heterocycles. The van der Waals surface area contributed by atoms with E-state index in [0.717, 1.165) is 16.5 Å². The Labute approximate surface area is 129 Å². The van der Waals surface area contributed by atoms with Gasteiger partial charge in [0.2, 0.25) is 0 Å². The molecule has 0 aliphatic carbocycles. The second-order valence-corrected chi connectivity index (χ2v) is 5.30. The largest absolute Gasteiger partial charge is 0.252 e. The maximum Gasteiger partial charge on any atom is 0.252 e. The van der Waals surface area contributed by atoms with Gasteiger partial charge in [0.1, 0.15) is 12.4 Å². The van der Waals surface area contributed by atoms with Crippen molar-refractivity contribution in [1.29, 1.82) is 5.26 Å². The van der Waals surface area contributed by atoms with Crippen LogP contribution in [0.3, 0.4) is 0 Å². The van der Waals surface area contributed by atoms with Crippen LogP contribution in [0.25, 0.3) is 28.1 Å². The lowest BCUT2D eigenvalue weighted by atomic mass is 10.2. The summed E-state index contributed by atoms with van der Waals surface area (Å²) in [5, 5.41) is 17.9. The van der Waals surface area contributed by atoms with Crippen LogP contribution in [0.4, 0.5) is 0 Å². The van der Waals surface area contributed by atoms with Crippen LogP contribution in [-0.4, -0.2) is 24.7 Å². The molecule has 6 nitrogen and oxygen atoms in total. The number of hydrogen-bond donors (Lipinski definition) is 0. The molecule has 0 aliphatic heterocycles. The number of rotatable bonds is 2. The van der Waals surface area contributed by atoms with Crippen molar-refractivity contribution in [3.05, 3.63) is 53.2 Å². The van der Waals surface area contributed by atoms with Gasteiger partial charge < -0.3 is 0 Å². The molecule has 1 aromatic carbocycles. The molecule has 0 spiro atoms. The van der Waals surface area contributed by atoms with E-state index in [-0.39, 0.29) is 5.82 Å². The van der Waals surface area contributed by atoms with E-state index in [1.165, 1.54) is 11.0 Å². The number of nitriles is 1. The van der Waals surface area contributed by atoms with Gasteiger partial charge >= 0.3 is 0 Å². The number of fused-ring (bicyclic) bond motifs is 1. The minimum Gasteiger partial charge on any atom is -0.228 e. The lowest BCUT2D eigenvalue weighted by Crippen LogP contribution is -2.03. The van der Waals surface area contributed by atoms with Crippen LogP contribution in [0.2, 0.25) is 0 Å². The molecule has 0 N–H and O–H groups in total. The summed E-state index contributed by atoms with van der Waals surface area (Å²) in [5.74, 6) is 1.35. The van der Waals surface area contributed by atoms with Gasteiger partial charge in [0, 0.05) is 16.3 Å². The van der Waals surface area contributed by atoms with Crippen molar-refractivity contribution in [2.45, 2.75) is 0 Å². The number of nitrogens with zero attached hydrogens (tertiary/aromatic N) is 6. The molecule has 4 aromatic rings. The van der Waals surface area contributed by atoms with Crippen LogP contribution in [-0.2, 0) is 0 Å². The fraction of sp³-hybridized carbons (Fsp3) is 0. The van der Waals surface area contributed by atoms with E-state index in [0.29, 0.717) is 11.6 Å². The first-order valence-electron chi connectivity index (χ1n) is 6.46. The first-order chi connectivity index (χ1) is 10.8. The molecule has 0 saturated heterocycles. The number of hydrogen-bond acceptors (Lipinski definition) is 6. The van der Waals surface area contributed by atoms with Gasteiger partial charge in [0.25, 0.3) is 5.82 Å². The highest BCUT2D eigenvalue weighted by Crippen LogP contribution is 2.24. The molecule has 0 unspecified atom stereocenters. The molecular weight excluding hydrogens is 296 g/mol. The highest BCUT2D eigenvalue weighted by molar-refractivity contribution is 7.08. The van der Waals surface area contributed by atoms with Crippen molar-refractivity contribution in [2.24, 2.45) is 0 Å². The minimum atomic E-state index is 0.111. The SMILES string of the molecule is N#Cc1ncn(-c2nc(-c3ccsc3)nc3ccccc23)n1. The maximum absolute atomic E-state index is 8.90. The van der Waals surface area contributed by atoms with Gasteiger partial charge in [-0.3, -0.25) is 0 Å². The first-order valence-corrected chi connectivity index (χ1v) is 7.41. The average molecular weight is 304 g/mol. The number of para-hydroxylation sites is 1. The van der Waals surface area contributed by atoms with Gasteiger partial charge in [0.15, 0.2) is 11.6 Å². The van der Waals surface area contributed by atoms with E-state index >= 15 is 0 Å². The van der Waals surface area contributed by atoms with E-state index < -0.39 is 0 Å². The average Bonchev–Trinajstić information content (AvgIpc) is 3.25. The van der Waals surface area contributed by atoms with Crippen LogP contribution in [0.5, 0.6) is 0 Å². The van der Waals surface area contributed by atoms with Gasteiger partial charge in [-0.05, 0) is 23.6 Å². The van der Waals surface area contributed by atoms with E-state index in [9.17, 15) is 0 Å². The summed E-state index contributed by atoms with van der Waals surface area (Å²) in [6.45, 7) is 0. The zero-order valence-corrected chi connectivity index (χ0v) is 12.0. The number of aromatic nitrogens is 5. The summed E-state index contributed by atoms with van der Waals surface area (Å²) in [6.07, 6.45) is 1.49. The molecule has 104 valence electrons. The quantitative estimate of drug-likeness (QED) is 0.569. The smallest absolute Gasteiger partial charge is 0.228 e. The Hall–Kier alpha value is -3.11. The Morgan fingerprint density at radius 3 is 2.82 bits per heavy atom. The maximum atomic E-state index is 8.90. The molecular formula is C15H8N6S. The van der Waals surface area contributed by atoms with E-state index in [1.807, 2.05) is 47.2 Å². The van der Waals surface area contributed by atoms with Crippen LogP contribution < -0.4 is 0 Å². The summed E-state index contributed by atoms with van der Waals surface area (Å²) < 4.78 is 1.51. The fourth-order valence-corrected chi connectivity index (χ4v) is 2.81. The minimum absolute atomic E-state index is 0.111. The van der Waals surface area contributed by atoms with Crippen LogP contribution in [0, 0.1) is 11.3 Å². The van der Waals surface area contributed by atoms with Crippen molar-refractivity contribution in [3.8, 4) is 23.3 Å². The van der Waals surface area contributed by atoms with Crippen molar-refractivity contribution in [1.82, 2.24) is 24.7 Å². The lowest BCUT2D eigenvalue weighted by Gasteiger charge is -2.07. The van der Waals surface area contributed by atoms with Gasteiger partial charge in [-0.1, -0.05) is 12.1 Å². The molecule has 0 amide bonds. The summed E-state index contributed by atoms with van der Waals surface area (Å²) in [6, 6.07) is 11.6. The predicted molar refractivity (Wildman–Crippen MR) is 82.5 cm³/mol. The Morgan fingerprint density at radius 1 is 1.14 bits per heavy atom. The molecule has 0 bridgehead atoms. The van der Waals surface area contributed by atoms with Gasteiger partial charge in [-0.15, -0.1) is 5.10 Å². The van der Waals surface area contributed by atoms with Gasteiger partial charge in [-0.25, -0.2) is 19.6 Å². The predicted octanol–water partition coefficient (Wildman–Crippen LogP) is 2.81. The fourth-order valence-electron chi connectivity index (χ4n) is 2.17. The summed E-state index contributed by atoms with van der Waals surface area (Å²) in [4.78, 5) is 13.2. The highest BCUT2D eigenvalue weighted by Gasteiger charge is 2.12. The standard InChI is InChI=1S/C15H8N6S/c16-7-13-17-9-21(20-13)15-11-3-1-2-4-12(11)18-14(19-15)10-5-6-22-8-10/h1-6,8-9H. The van der Waals surface area contributed by atoms with Gasteiger partial charge in [-0.2, -0.15) is 16.6 Å². The zero-order valence-electron chi connectivity index (χ0n) is 11.2. The molecule has 4 rings (SSSR count). The third kappa shape index (κ3) is 2.03. The normalized spacial score (nSPS) is 10.7. The van der Waals surface area contributed by atoms with Crippen LogP contribution >= 0.6 is 11.3 Å². The Kier molecular flexibility index (Phi) is 2.88. The third-order valence-corrected chi connectivity index (χ3v) is 3.85. The van der Waals surface area contributed by atoms with E-state index in [4.69, 9.17) is 5.26 Å². The van der Waals surface area contributed by atoms with E-state index in [2.05, 4.69) is 20.1 Å². The second kappa shape index (κ2) is 5.02. The Bertz CT molecular complexity index is 996. The molecule has 3 heterocycles. The summed E-state index contributed by atoms with van der Waals surface area (Å²) in [7, 11) is 0. The van der Waals surface area contributed by atoms with Crippen molar-refractivity contribution in [2.75, 3.05) is 0 Å². The molecule has 0 atom stereocenters. The van der Waals surface area contributed by atoms with Gasteiger partial charge in [0.05, 0.1) is 5.52 Å². The lowest BCUT2D eigenvalue weighted by molar-refractivity contribution is 0.846. The summed E-state index contributed by atoms with van der Waals surface area (Å²) in [5.41, 5.74) is 1.78. The molecule has 0 saturated carbocycles. The Balaban J connectivity index is 2.01. The topological polar surface area (TPSA) is 80.3 Å². The third-order valence-electron chi connectivity index (χ3n) is 3.17. The van der Waals surface area contributed by atoms with E-state index in [1.54, 1.807) is 11.3 Å².